The fourth-order valence-corrected chi connectivity index (χ4v) is 2.18. The molecule has 0 saturated carbocycles. The summed E-state index contributed by atoms with van der Waals surface area (Å²) in [5.74, 6) is -0.247. The maximum Gasteiger partial charge on any atom is 0.335 e. The number of rotatable bonds is 5. The highest BCUT2D eigenvalue weighted by molar-refractivity contribution is 5.87. The molecule has 1 aromatic heterocycles. The van der Waals surface area contributed by atoms with Crippen molar-refractivity contribution in [1.82, 2.24) is 9.78 Å². The van der Waals surface area contributed by atoms with Crippen LogP contribution in [-0.2, 0) is 13.5 Å². The summed E-state index contributed by atoms with van der Waals surface area (Å²) in [6.07, 6.45) is 0.663. The second kappa shape index (κ2) is 6.09. The molecule has 0 atom stereocenters. The number of carbonyl (C=O) groups is 1. The third kappa shape index (κ3) is 3.20. The van der Waals surface area contributed by atoms with Crippen LogP contribution in [0.25, 0.3) is 0 Å². The topological polar surface area (TPSA) is 90.9 Å². The fourth-order valence-electron chi connectivity index (χ4n) is 2.18. The molecule has 0 saturated heterocycles. The first kappa shape index (κ1) is 14.6. The minimum Gasteiger partial charge on any atom is -0.478 e. The van der Waals surface area contributed by atoms with Gasteiger partial charge >= 0.3 is 5.97 Å². The molecule has 2 rings (SSSR count). The molecule has 0 radical (unpaired) electrons. The number of hydrogen-bond donors (Lipinski definition) is 2. The van der Waals surface area contributed by atoms with Crippen LogP contribution in [0.15, 0.2) is 24.3 Å². The molecule has 0 bridgehead atoms. The van der Waals surface area contributed by atoms with Crippen LogP contribution in [0.5, 0.6) is 0 Å². The van der Waals surface area contributed by atoms with Crippen LogP contribution < -0.4 is 5.32 Å². The third-order valence-corrected chi connectivity index (χ3v) is 3.21. The molecule has 2 aromatic rings. The number of hydrogen-bond acceptors (Lipinski definition) is 4. The fraction of sp³-hybridized carbons (Fsp3) is 0.267. The van der Waals surface area contributed by atoms with E-state index in [-0.39, 0.29) is 5.56 Å². The molecule has 0 aliphatic carbocycles. The van der Waals surface area contributed by atoms with E-state index in [9.17, 15) is 4.79 Å². The zero-order valence-electron chi connectivity index (χ0n) is 11.9. The summed E-state index contributed by atoms with van der Waals surface area (Å²) in [6, 6.07) is 8.97. The van der Waals surface area contributed by atoms with Gasteiger partial charge in [-0.2, -0.15) is 10.4 Å². The molecule has 0 aliphatic rings. The first-order chi connectivity index (χ1) is 10.0. The van der Waals surface area contributed by atoms with Crippen molar-refractivity contribution in [2.75, 3.05) is 11.9 Å². The number of aromatic nitrogens is 2. The van der Waals surface area contributed by atoms with Crippen molar-refractivity contribution in [3.8, 4) is 6.07 Å². The van der Waals surface area contributed by atoms with E-state index in [1.165, 1.54) is 0 Å². The number of aryl methyl sites for hydroxylation is 2. The van der Waals surface area contributed by atoms with Crippen LogP contribution in [0.3, 0.4) is 0 Å². The highest BCUT2D eigenvalue weighted by Crippen LogP contribution is 2.17. The molecule has 21 heavy (non-hydrogen) atoms. The second-order valence-electron chi connectivity index (χ2n) is 4.73. The van der Waals surface area contributed by atoms with Crippen molar-refractivity contribution < 1.29 is 9.90 Å². The lowest BCUT2D eigenvalue weighted by molar-refractivity contribution is 0.0696. The normalized spacial score (nSPS) is 10.1. The van der Waals surface area contributed by atoms with Gasteiger partial charge in [0.2, 0.25) is 0 Å². The quantitative estimate of drug-likeness (QED) is 0.875. The average Bonchev–Trinajstić information content (AvgIpc) is 2.73. The van der Waals surface area contributed by atoms with Crippen LogP contribution in [0.2, 0.25) is 0 Å². The van der Waals surface area contributed by atoms with Gasteiger partial charge < -0.3 is 10.4 Å². The number of carboxylic acid groups (broad SMARTS) is 1. The largest absolute Gasteiger partial charge is 0.478 e. The van der Waals surface area contributed by atoms with Crippen LogP contribution in [-0.4, -0.2) is 27.4 Å². The summed E-state index contributed by atoms with van der Waals surface area (Å²) in [5, 5.41) is 25.5. The van der Waals surface area contributed by atoms with Gasteiger partial charge in [-0.05, 0) is 31.0 Å². The van der Waals surface area contributed by atoms with Crippen molar-refractivity contribution in [2.24, 2.45) is 7.05 Å². The average molecular weight is 284 g/mol. The summed E-state index contributed by atoms with van der Waals surface area (Å²) >= 11 is 0. The summed E-state index contributed by atoms with van der Waals surface area (Å²) < 4.78 is 1.64. The maximum atomic E-state index is 10.9. The lowest BCUT2D eigenvalue weighted by atomic mass is 10.1. The first-order valence-corrected chi connectivity index (χ1v) is 6.52. The second-order valence-corrected chi connectivity index (χ2v) is 4.73. The number of anilines is 1. The highest BCUT2D eigenvalue weighted by atomic mass is 16.4. The number of nitrogens with one attached hydrogen (secondary N) is 1. The van der Waals surface area contributed by atoms with Crippen LogP contribution in [0.1, 0.15) is 27.2 Å². The van der Waals surface area contributed by atoms with Crippen LogP contribution >= 0.6 is 0 Å². The predicted octanol–water partition coefficient (Wildman–Crippen LogP) is 1.95. The molecule has 0 amide bonds. The standard InChI is InChI=1S/C15H16N4O2/c1-10-13(9-16)14(19(2)18-10)17-7-6-11-4-3-5-12(8-11)15(20)21/h3-5,8,17H,6-7H2,1-2H3,(H,20,21). The number of nitriles is 1. The van der Waals surface area contributed by atoms with Gasteiger partial charge in [0.05, 0.1) is 11.3 Å². The van der Waals surface area contributed by atoms with Gasteiger partial charge in [0, 0.05) is 13.6 Å². The van der Waals surface area contributed by atoms with E-state index in [4.69, 9.17) is 10.4 Å². The van der Waals surface area contributed by atoms with Gasteiger partial charge in [-0.25, -0.2) is 4.79 Å². The Morgan fingerprint density at radius 2 is 2.29 bits per heavy atom. The number of nitrogens with zero attached hydrogens (tertiary/aromatic N) is 3. The minimum absolute atomic E-state index is 0.279. The molecule has 2 N–H and O–H groups in total. The van der Waals surface area contributed by atoms with Gasteiger partial charge in [0.1, 0.15) is 17.5 Å². The van der Waals surface area contributed by atoms with Crippen molar-refractivity contribution in [3.63, 3.8) is 0 Å². The monoisotopic (exact) mass is 284 g/mol. The smallest absolute Gasteiger partial charge is 0.335 e. The predicted molar refractivity (Wildman–Crippen MR) is 78.3 cm³/mol. The van der Waals surface area contributed by atoms with Gasteiger partial charge in [-0.15, -0.1) is 0 Å². The zero-order valence-corrected chi connectivity index (χ0v) is 11.9. The van der Waals surface area contributed by atoms with Gasteiger partial charge in [0.15, 0.2) is 0 Å². The highest BCUT2D eigenvalue weighted by Gasteiger charge is 2.12. The Balaban J connectivity index is 2.04. The summed E-state index contributed by atoms with van der Waals surface area (Å²) in [7, 11) is 1.78. The minimum atomic E-state index is -0.932. The molecular formula is C15H16N4O2. The first-order valence-electron chi connectivity index (χ1n) is 6.52. The van der Waals surface area contributed by atoms with Crippen molar-refractivity contribution in [2.45, 2.75) is 13.3 Å². The van der Waals surface area contributed by atoms with Crippen molar-refractivity contribution >= 4 is 11.8 Å². The zero-order chi connectivity index (χ0) is 15.4. The van der Waals surface area contributed by atoms with E-state index < -0.39 is 5.97 Å². The Morgan fingerprint density at radius 3 is 2.95 bits per heavy atom. The van der Waals surface area contributed by atoms with Gasteiger partial charge in [-0.1, -0.05) is 12.1 Å². The van der Waals surface area contributed by atoms with Gasteiger partial charge in [-0.3, -0.25) is 4.68 Å². The molecule has 1 heterocycles. The molecular weight excluding hydrogens is 268 g/mol. The molecule has 0 spiro atoms. The molecule has 0 fully saturated rings. The van der Waals surface area contributed by atoms with E-state index in [1.54, 1.807) is 36.9 Å². The number of aromatic carboxylic acids is 1. The number of benzene rings is 1. The molecule has 0 unspecified atom stereocenters. The van der Waals surface area contributed by atoms with E-state index >= 15 is 0 Å². The summed E-state index contributed by atoms with van der Waals surface area (Å²) in [4.78, 5) is 10.9. The SMILES string of the molecule is Cc1nn(C)c(NCCc2cccc(C(=O)O)c2)c1C#N. The molecule has 1 aromatic carbocycles. The third-order valence-electron chi connectivity index (χ3n) is 3.21. The Bertz CT molecular complexity index is 713. The molecule has 6 nitrogen and oxygen atoms in total. The number of carboxylic acids is 1. The molecule has 6 heteroatoms. The Kier molecular flexibility index (Phi) is 4.24. The van der Waals surface area contributed by atoms with E-state index in [2.05, 4.69) is 16.5 Å². The van der Waals surface area contributed by atoms with Crippen molar-refractivity contribution in [3.05, 3.63) is 46.6 Å². The van der Waals surface area contributed by atoms with Gasteiger partial charge in [0.25, 0.3) is 0 Å². The van der Waals surface area contributed by atoms with Crippen LogP contribution in [0.4, 0.5) is 5.82 Å². The lowest BCUT2D eigenvalue weighted by Crippen LogP contribution is -2.10. The Morgan fingerprint density at radius 1 is 1.52 bits per heavy atom. The Hall–Kier alpha value is -2.81. The van der Waals surface area contributed by atoms with Crippen molar-refractivity contribution in [1.29, 1.82) is 5.26 Å². The summed E-state index contributed by atoms with van der Waals surface area (Å²) in [5.41, 5.74) is 2.44. The Labute approximate surface area is 122 Å². The van der Waals surface area contributed by atoms with E-state index in [0.29, 0.717) is 30.0 Å². The summed E-state index contributed by atoms with van der Waals surface area (Å²) in [6.45, 7) is 2.39. The van der Waals surface area contributed by atoms with E-state index in [1.807, 2.05) is 6.07 Å². The lowest BCUT2D eigenvalue weighted by Gasteiger charge is -2.07. The molecule has 0 aliphatic heterocycles. The van der Waals surface area contributed by atoms with E-state index in [0.717, 1.165) is 5.56 Å². The molecule has 108 valence electrons. The van der Waals surface area contributed by atoms with Crippen LogP contribution in [0, 0.1) is 18.3 Å². The maximum absolute atomic E-state index is 10.9.